The van der Waals surface area contributed by atoms with E-state index in [1.165, 1.54) is 11.1 Å². The van der Waals surface area contributed by atoms with Crippen LogP contribution in [-0.4, -0.2) is 58.2 Å². The average molecular weight is 367 g/mol. The fourth-order valence-electron chi connectivity index (χ4n) is 4.17. The Morgan fingerprint density at radius 3 is 1.41 bits per heavy atom. The summed E-state index contributed by atoms with van der Waals surface area (Å²) in [6.45, 7) is 6.59. The molecule has 0 aliphatic carbocycles. The van der Waals surface area contributed by atoms with Gasteiger partial charge in [0.1, 0.15) is 0 Å². The molecule has 144 valence electrons. The molecule has 5 nitrogen and oxygen atoms in total. The number of ether oxygens (including phenoxy) is 1. The molecule has 0 unspecified atom stereocenters. The number of hydrogen-bond donors (Lipinski definition) is 0. The second kappa shape index (κ2) is 9.40. The van der Waals surface area contributed by atoms with Crippen LogP contribution >= 0.6 is 0 Å². The minimum Gasteiger partial charge on any atom is -0.375 e. The first-order valence-electron chi connectivity index (χ1n) is 10.2. The Labute approximate surface area is 162 Å². The van der Waals surface area contributed by atoms with E-state index in [9.17, 15) is 0 Å². The van der Waals surface area contributed by atoms with Gasteiger partial charge in [-0.25, -0.2) is 0 Å². The predicted molar refractivity (Wildman–Crippen MR) is 106 cm³/mol. The first-order chi connectivity index (χ1) is 13.3. The van der Waals surface area contributed by atoms with Crippen LogP contribution in [0.5, 0.6) is 0 Å². The summed E-state index contributed by atoms with van der Waals surface area (Å²) in [4.78, 5) is 13.3. The summed E-state index contributed by atoms with van der Waals surface area (Å²) in [5.74, 6) is 0. The van der Waals surface area contributed by atoms with E-state index in [4.69, 9.17) is 4.74 Å². The lowest BCUT2D eigenvalue weighted by atomic mass is 10.0. The highest BCUT2D eigenvalue weighted by atomic mass is 16.5. The number of nitrogens with zero attached hydrogens (tertiary/aromatic N) is 4. The zero-order valence-electron chi connectivity index (χ0n) is 16.0. The van der Waals surface area contributed by atoms with Gasteiger partial charge in [0.25, 0.3) is 0 Å². The van der Waals surface area contributed by atoms with Crippen LogP contribution in [0, 0.1) is 0 Å². The molecular weight excluding hydrogens is 336 g/mol. The number of likely N-dealkylation sites (tertiary alicyclic amines) is 2. The molecule has 4 rings (SSSR count). The highest BCUT2D eigenvalue weighted by molar-refractivity contribution is 5.10. The zero-order chi connectivity index (χ0) is 18.3. The van der Waals surface area contributed by atoms with Crippen LogP contribution in [0.2, 0.25) is 0 Å². The quantitative estimate of drug-likeness (QED) is 0.786. The number of pyridine rings is 2. The largest absolute Gasteiger partial charge is 0.375 e. The van der Waals surface area contributed by atoms with Gasteiger partial charge >= 0.3 is 0 Å². The van der Waals surface area contributed by atoms with Crippen molar-refractivity contribution in [1.29, 1.82) is 0 Å². The van der Waals surface area contributed by atoms with E-state index in [1.807, 2.05) is 24.8 Å². The molecule has 0 aromatic carbocycles. The third-order valence-corrected chi connectivity index (χ3v) is 5.77. The van der Waals surface area contributed by atoms with E-state index >= 15 is 0 Å². The van der Waals surface area contributed by atoms with Crippen molar-refractivity contribution in [3.63, 3.8) is 0 Å². The third-order valence-electron chi connectivity index (χ3n) is 5.77. The van der Waals surface area contributed by atoms with Crippen LogP contribution in [0.25, 0.3) is 0 Å². The maximum atomic E-state index is 6.46. The molecule has 5 heteroatoms. The molecule has 2 aromatic heterocycles. The molecule has 0 saturated carbocycles. The van der Waals surface area contributed by atoms with Gasteiger partial charge in [-0.05, 0) is 61.1 Å². The standard InChI is InChI=1S/C22H30N4O/c1-9-23-10-2-19(1)17-25-13-5-21(6-14-25)27-22-7-15-26(16-8-22)18-20-3-11-24-12-4-20/h1-4,9-12,21-22H,5-8,13-18H2. The lowest BCUT2D eigenvalue weighted by Gasteiger charge is -2.37. The molecule has 0 spiro atoms. The van der Waals surface area contributed by atoms with Gasteiger partial charge in [0.05, 0.1) is 12.2 Å². The normalized spacial score (nSPS) is 20.7. The molecule has 0 atom stereocenters. The maximum absolute atomic E-state index is 6.46. The summed E-state index contributed by atoms with van der Waals surface area (Å²) in [6.07, 6.45) is 13.0. The van der Waals surface area contributed by atoms with Gasteiger partial charge < -0.3 is 4.74 Å². The first-order valence-corrected chi connectivity index (χ1v) is 10.2. The van der Waals surface area contributed by atoms with E-state index < -0.39 is 0 Å². The van der Waals surface area contributed by atoms with Crippen molar-refractivity contribution in [2.75, 3.05) is 26.2 Å². The summed E-state index contributed by atoms with van der Waals surface area (Å²) in [5, 5.41) is 0. The fourth-order valence-corrected chi connectivity index (χ4v) is 4.17. The van der Waals surface area contributed by atoms with E-state index in [2.05, 4.69) is 44.0 Å². The molecular formula is C22H30N4O. The van der Waals surface area contributed by atoms with Crippen LogP contribution in [0.15, 0.2) is 49.1 Å². The average Bonchev–Trinajstić information content (AvgIpc) is 2.73. The summed E-state index contributed by atoms with van der Waals surface area (Å²) >= 11 is 0. The first kappa shape index (κ1) is 18.5. The molecule has 2 fully saturated rings. The van der Waals surface area contributed by atoms with Crippen LogP contribution in [0.4, 0.5) is 0 Å². The Balaban J connectivity index is 1.15. The summed E-state index contributed by atoms with van der Waals surface area (Å²) in [6, 6.07) is 8.45. The highest BCUT2D eigenvalue weighted by Crippen LogP contribution is 2.22. The number of piperidine rings is 2. The van der Waals surface area contributed by atoms with Gasteiger partial charge in [-0.3, -0.25) is 19.8 Å². The Kier molecular flexibility index (Phi) is 6.45. The van der Waals surface area contributed by atoms with E-state index in [-0.39, 0.29) is 0 Å². The summed E-state index contributed by atoms with van der Waals surface area (Å²) in [7, 11) is 0. The Morgan fingerprint density at radius 1 is 0.667 bits per heavy atom. The second-order valence-electron chi connectivity index (χ2n) is 7.80. The van der Waals surface area contributed by atoms with Crippen molar-refractivity contribution in [2.45, 2.75) is 51.0 Å². The van der Waals surface area contributed by atoms with Crippen molar-refractivity contribution in [1.82, 2.24) is 19.8 Å². The Morgan fingerprint density at radius 2 is 1.04 bits per heavy atom. The Hall–Kier alpha value is -1.82. The minimum atomic E-state index is 0.440. The topological polar surface area (TPSA) is 41.5 Å². The highest BCUT2D eigenvalue weighted by Gasteiger charge is 2.25. The molecule has 2 aromatic rings. The third kappa shape index (κ3) is 5.58. The monoisotopic (exact) mass is 366 g/mol. The summed E-state index contributed by atoms with van der Waals surface area (Å²) < 4.78 is 6.46. The predicted octanol–water partition coefficient (Wildman–Crippen LogP) is 3.12. The molecule has 0 amide bonds. The molecule has 4 heterocycles. The van der Waals surface area contributed by atoms with Gasteiger partial charge in [-0.2, -0.15) is 0 Å². The van der Waals surface area contributed by atoms with E-state index in [0.29, 0.717) is 12.2 Å². The molecule has 2 saturated heterocycles. The van der Waals surface area contributed by atoms with Crippen molar-refractivity contribution in [3.8, 4) is 0 Å². The van der Waals surface area contributed by atoms with Gasteiger partial charge in [0.2, 0.25) is 0 Å². The van der Waals surface area contributed by atoms with Crippen LogP contribution in [0.1, 0.15) is 36.8 Å². The lowest BCUT2D eigenvalue weighted by Crippen LogP contribution is -2.41. The fraction of sp³-hybridized carbons (Fsp3) is 0.545. The molecule has 0 bridgehead atoms. The molecule has 2 aliphatic heterocycles. The number of rotatable bonds is 6. The maximum Gasteiger partial charge on any atom is 0.0603 e. The lowest BCUT2D eigenvalue weighted by molar-refractivity contribution is -0.0664. The molecule has 27 heavy (non-hydrogen) atoms. The SMILES string of the molecule is c1cc(CN2CCC(OC3CCN(Cc4ccncc4)CC3)CC2)ccn1. The zero-order valence-corrected chi connectivity index (χ0v) is 16.0. The van der Waals surface area contributed by atoms with Crippen LogP contribution < -0.4 is 0 Å². The minimum absolute atomic E-state index is 0.440. The van der Waals surface area contributed by atoms with Gasteiger partial charge in [-0.15, -0.1) is 0 Å². The number of hydrogen-bond acceptors (Lipinski definition) is 5. The number of aromatic nitrogens is 2. The smallest absolute Gasteiger partial charge is 0.0603 e. The van der Waals surface area contributed by atoms with Crippen molar-refractivity contribution >= 4 is 0 Å². The van der Waals surface area contributed by atoms with Gasteiger partial charge in [0, 0.05) is 64.1 Å². The van der Waals surface area contributed by atoms with Crippen molar-refractivity contribution in [2.24, 2.45) is 0 Å². The van der Waals surface area contributed by atoms with Crippen LogP contribution in [0.3, 0.4) is 0 Å². The molecule has 0 radical (unpaired) electrons. The van der Waals surface area contributed by atoms with Gasteiger partial charge in [0.15, 0.2) is 0 Å². The summed E-state index contributed by atoms with van der Waals surface area (Å²) in [5.41, 5.74) is 2.71. The van der Waals surface area contributed by atoms with Crippen molar-refractivity contribution in [3.05, 3.63) is 60.2 Å². The van der Waals surface area contributed by atoms with E-state index in [0.717, 1.165) is 65.0 Å². The Bertz CT molecular complexity index is 606. The molecule has 2 aliphatic rings. The van der Waals surface area contributed by atoms with Crippen molar-refractivity contribution < 1.29 is 4.74 Å². The van der Waals surface area contributed by atoms with Crippen LogP contribution in [-0.2, 0) is 17.8 Å². The van der Waals surface area contributed by atoms with Gasteiger partial charge in [-0.1, -0.05) is 0 Å². The van der Waals surface area contributed by atoms with E-state index in [1.54, 1.807) is 0 Å². The second-order valence-corrected chi connectivity index (χ2v) is 7.80. The molecule has 0 N–H and O–H groups in total.